The molecule has 1 aromatic heterocycles. The quantitative estimate of drug-likeness (QED) is 0.301. The molecule has 2 aliphatic carbocycles. The van der Waals surface area contributed by atoms with E-state index in [4.69, 9.17) is 4.74 Å². The summed E-state index contributed by atoms with van der Waals surface area (Å²) in [6, 6.07) is 9.95. The van der Waals surface area contributed by atoms with E-state index in [0.717, 1.165) is 63.6 Å². The minimum absolute atomic E-state index is 0.0192. The second-order valence-corrected chi connectivity index (χ2v) is 12.0. The Morgan fingerprint density at radius 3 is 2.35 bits per heavy atom. The Morgan fingerprint density at radius 1 is 1.03 bits per heavy atom. The average molecular weight is 507 g/mol. The molecule has 2 fully saturated rings. The first-order valence-electron chi connectivity index (χ1n) is 13.8. The van der Waals surface area contributed by atoms with E-state index >= 15 is 0 Å². The van der Waals surface area contributed by atoms with Crippen molar-refractivity contribution >= 4 is 17.7 Å². The summed E-state index contributed by atoms with van der Waals surface area (Å²) in [5.74, 6) is 0.806. The zero-order valence-corrected chi connectivity index (χ0v) is 22.4. The maximum atomic E-state index is 14.6. The van der Waals surface area contributed by atoms with Gasteiger partial charge in [0, 0.05) is 56.0 Å². The predicted molar refractivity (Wildman–Crippen MR) is 143 cm³/mol. The molecule has 0 bridgehead atoms. The summed E-state index contributed by atoms with van der Waals surface area (Å²) in [7, 11) is 2.18. The van der Waals surface area contributed by atoms with E-state index in [-0.39, 0.29) is 23.4 Å². The summed E-state index contributed by atoms with van der Waals surface area (Å²) in [5, 5.41) is 9.24. The van der Waals surface area contributed by atoms with Crippen LogP contribution in [0.5, 0.6) is 5.75 Å². The van der Waals surface area contributed by atoms with Crippen LogP contribution in [0, 0.1) is 5.92 Å². The molecular weight excluding hydrogens is 466 g/mol. The fourth-order valence-corrected chi connectivity index (χ4v) is 7.33. The molecule has 1 aliphatic heterocycles. The van der Waals surface area contributed by atoms with Crippen LogP contribution in [0.4, 0.5) is 10.5 Å². The Bertz CT molecular complexity index is 1140. The highest BCUT2D eigenvalue weighted by atomic mass is 16.7. The molecule has 198 valence electrons. The van der Waals surface area contributed by atoms with E-state index in [0.29, 0.717) is 16.1 Å². The van der Waals surface area contributed by atoms with Crippen LogP contribution in [-0.2, 0) is 10.2 Å². The van der Waals surface area contributed by atoms with Gasteiger partial charge in [-0.05, 0) is 48.1 Å². The fraction of sp³-hybridized carbons (Fsp3) is 0.567. The highest BCUT2D eigenvalue weighted by Gasteiger charge is 2.55. The van der Waals surface area contributed by atoms with Crippen LogP contribution in [0.3, 0.4) is 0 Å². The zero-order valence-electron chi connectivity index (χ0n) is 22.4. The van der Waals surface area contributed by atoms with Crippen molar-refractivity contribution in [2.75, 3.05) is 25.0 Å². The van der Waals surface area contributed by atoms with Gasteiger partial charge in [0.25, 0.3) is 0 Å². The summed E-state index contributed by atoms with van der Waals surface area (Å²) in [6.45, 7) is 6.30. The van der Waals surface area contributed by atoms with Gasteiger partial charge >= 0.3 is 12.1 Å². The number of nitrogens with zero attached hydrogens (tertiary/aromatic N) is 3. The number of aromatic nitrogens is 1. The number of piperidine rings is 1. The lowest BCUT2D eigenvalue weighted by molar-refractivity contribution is -0.894. The number of benzene rings is 1. The number of hydrogen-bond donors (Lipinski definition) is 1. The highest BCUT2D eigenvalue weighted by molar-refractivity contribution is 5.73. The van der Waals surface area contributed by atoms with Crippen LogP contribution < -0.4 is 9.64 Å². The fourth-order valence-electron chi connectivity index (χ4n) is 7.33. The Labute approximate surface area is 220 Å². The zero-order chi connectivity index (χ0) is 26.2. The van der Waals surface area contributed by atoms with Crippen molar-refractivity contribution in [1.29, 1.82) is 0 Å². The third-order valence-electron chi connectivity index (χ3n) is 9.35. The van der Waals surface area contributed by atoms with E-state index in [1.807, 2.05) is 24.5 Å². The number of ether oxygens (including phenoxy) is 1. The Balaban J connectivity index is 1.51. The molecule has 1 aromatic carbocycles. The average Bonchev–Trinajstić information content (AvgIpc) is 3.18. The van der Waals surface area contributed by atoms with Crippen molar-refractivity contribution in [3.05, 3.63) is 53.9 Å². The number of fused-ring (bicyclic) bond motifs is 1. The minimum atomic E-state index is -1.31. The third kappa shape index (κ3) is 4.86. The first kappa shape index (κ1) is 25.7. The van der Waals surface area contributed by atoms with Crippen LogP contribution in [0.15, 0.2) is 42.7 Å². The van der Waals surface area contributed by atoms with Crippen molar-refractivity contribution in [1.82, 2.24) is 4.98 Å². The van der Waals surface area contributed by atoms with Gasteiger partial charge in [0.2, 0.25) is 0 Å². The molecule has 3 aliphatic rings. The number of anilines is 1. The van der Waals surface area contributed by atoms with Crippen LogP contribution >= 0.6 is 0 Å². The molecule has 1 saturated heterocycles. The number of pyridine rings is 1. The summed E-state index contributed by atoms with van der Waals surface area (Å²) in [4.78, 5) is 32.4. The lowest BCUT2D eigenvalue weighted by Crippen LogP contribution is -2.62. The minimum Gasteiger partial charge on any atom is -0.449 e. The molecule has 7 nitrogen and oxygen atoms in total. The molecule has 2 atom stereocenters. The molecule has 0 spiro atoms. The molecule has 2 heterocycles. The molecule has 1 amide bonds. The van der Waals surface area contributed by atoms with E-state index < -0.39 is 6.16 Å². The van der Waals surface area contributed by atoms with Crippen LogP contribution in [0.25, 0.3) is 0 Å². The molecule has 0 radical (unpaired) electrons. The highest BCUT2D eigenvalue weighted by Crippen LogP contribution is 2.53. The maximum Gasteiger partial charge on any atom is 0.511 e. The Kier molecular flexibility index (Phi) is 7.01. The van der Waals surface area contributed by atoms with Crippen molar-refractivity contribution in [2.45, 2.75) is 82.7 Å². The molecule has 5 rings (SSSR count). The van der Waals surface area contributed by atoms with Crippen molar-refractivity contribution in [3.8, 4) is 5.75 Å². The largest absolute Gasteiger partial charge is 0.511 e. The summed E-state index contributed by atoms with van der Waals surface area (Å²) < 4.78 is 5.47. The molecular formula is C30H40N3O4+. The maximum absolute atomic E-state index is 14.6. The van der Waals surface area contributed by atoms with Crippen LogP contribution in [0.2, 0.25) is 0 Å². The van der Waals surface area contributed by atoms with Gasteiger partial charge in [0.15, 0.2) is 0 Å². The standard InChI is InChI=1S/C30H39N3O4/c1-30(2)20-27(25-19-24(37-29(35)36)9-10-26(25)30)33(3,28(34)21-7-5-4-6-8-21)23-13-17-32(18-14-23)22-11-15-31-16-12-22/h9-12,15-16,19,21,23,27H,4-8,13-14,17-18,20H2,1-3H3/p+1. The van der Waals surface area contributed by atoms with Gasteiger partial charge in [-0.1, -0.05) is 39.2 Å². The molecule has 7 heteroatoms. The Hall–Kier alpha value is -2.93. The van der Waals surface area contributed by atoms with Crippen molar-refractivity contribution in [3.63, 3.8) is 0 Å². The molecule has 1 N–H and O–H groups in total. The number of carboxylic acid groups (broad SMARTS) is 1. The van der Waals surface area contributed by atoms with E-state index in [2.05, 4.69) is 42.9 Å². The van der Waals surface area contributed by atoms with E-state index in [1.54, 1.807) is 6.07 Å². The molecule has 2 unspecified atom stereocenters. The van der Waals surface area contributed by atoms with Crippen molar-refractivity contribution < 1.29 is 23.9 Å². The van der Waals surface area contributed by atoms with Gasteiger partial charge in [0.1, 0.15) is 11.8 Å². The van der Waals surface area contributed by atoms with Gasteiger partial charge in [-0.2, -0.15) is 0 Å². The number of carbonyl (C=O) groups excluding carboxylic acids is 1. The number of carbonyl (C=O) groups is 2. The molecule has 2 aromatic rings. The predicted octanol–water partition coefficient (Wildman–Crippen LogP) is 6.08. The van der Waals surface area contributed by atoms with Gasteiger partial charge in [-0.15, -0.1) is 0 Å². The number of quaternary nitrogens is 1. The van der Waals surface area contributed by atoms with E-state index in [9.17, 15) is 14.7 Å². The first-order valence-corrected chi connectivity index (χ1v) is 13.8. The van der Waals surface area contributed by atoms with Gasteiger partial charge < -0.3 is 14.7 Å². The smallest absolute Gasteiger partial charge is 0.449 e. The van der Waals surface area contributed by atoms with Crippen LogP contribution in [0.1, 0.15) is 82.4 Å². The number of rotatable bonds is 5. The Morgan fingerprint density at radius 2 is 1.70 bits per heavy atom. The van der Waals surface area contributed by atoms with Crippen molar-refractivity contribution in [2.24, 2.45) is 5.92 Å². The lowest BCUT2D eigenvalue weighted by Gasteiger charge is -2.49. The van der Waals surface area contributed by atoms with E-state index in [1.165, 1.54) is 17.7 Å². The summed E-state index contributed by atoms with van der Waals surface area (Å²) in [5.41, 5.74) is 3.35. The second kappa shape index (κ2) is 10.1. The monoisotopic (exact) mass is 506 g/mol. The third-order valence-corrected chi connectivity index (χ3v) is 9.35. The SMILES string of the molecule is CC1(C)CC([N+](C)(C(=O)C2CCCCC2)C2CCN(c3ccncc3)CC2)c2cc(OC(=O)O)ccc21. The topological polar surface area (TPSA) is 79.7 Å². The van der Waals surface area contributed by atoms with Crippen LogP contribution in [-0.4, -0.2) is 52.8 Å². The lowest BCUT2D eigenvalue weighted by atomic mass is 9.84. The summed E-state index contributed by atoms with van der Waals surface area (Å²) in [6.07, 6.45) is 10.5. The normalized spacial score (nSPS) is 23.8. The van der Waals surface area contributed by atoms with Gasteiger partial charge in [0.05, 0.1) is 19.0 Å². The first-order chi connectivity index (χ1) is 17.7. The number of hydrogen-bond acceptors (Lipinski definition) is 5. The molecule has 1 saturated carbocycles. The number of amides is 1. The second-order valence-electron chi connectivity index (χ2n) is 12.0. The summed E-state index contributed by atoms with van der Waals surface area (Å²) >= 11 is 0. The van der Waals surface area contributed by atoms with Gasteiger partial charge in [-0.3, -0.25) is 9.47 Å². The molecule has 37 heavy (non-hydrogen) atoms. The van der Waals surface area contributed by atoms with Gasteiger partial charge in [-0.25, -0.2) is 9.59 Å².